The first-order valence-electron chi connectivity index (χ1n) is 6.42. The van der Waals surface area contributed by atoms with Crippen molar-refractivity contribution in [2.24, 2.45) is 5.92 Å². The molecule has 5 heteroatoms. The van der Waals surface area contributed by atoms with Crippen LogP contribution < -0.4 is 0 Å². The number of carbonyl (C=O) groups excluding carboxylic acids is 1. The highest BCUT2D eigenvalue weighted by Gasteiger charge is 2.44. The molecular weight excluding hydrogens is 255 g/mol. The van der Waals surface area contributed by atoms with E-state index in [0.717, 1.165) is 31.4 Å². The Morgan fingerprint density at radius 2 is 2.05 bits per heavy atom. The van der Waals surface area contributed by atoms with E-state index < -0.39 is 11.7 Å². The first-order valence-corrected chi connectivity index (χ1v) is 6.42. The largest absolute Gasteiger partial charge is 0.416 e. The van der Waals surface area contributed by atoms with Crippen LogP contribution in [-0.2, 0) is 17.5 Å². The number of piperidine rings is 1. The van der Waals surface area contributed by atoms with Crippen molar-refractivity contribution >= 4 is 5.91 Å². The lowest BCUT2D eigenvalue weighted by Crippen LogP contribution is -2.36. The summed E-state index contributed by atoms with van der Waals surface area (Å²) in [5.41, 5.74) is -0.0995. The highest BCUT2D eigenvalue weighted by atomic mass is 19.4. The van der Waals surface area contributed by atoms with Crippen LogP contribution in [0, 0.1) is 5.92 Å². The van der Waals surface area contributed by atoms with E-state index in [1.54, 1.807) is 11.0 Å². The number of hydrogen-bond acceptors (Lipinski definition) is 1. The Bertz CT molecular complexity index is 512. The van der Waals surface area contributed by atoms with Gasteiger partial charge in [0.25, 0.3) is 0 Å². The van der Waals surface area contributed by atoms with Crippen molar-refractivity contribution in [1.29, 1.82) is 0 Å². The number of amides is 1. The molecule has 1 aromatic rings. The topological polar surface area (TPSA) is 20.3 Å². The first-order chi connectivity index (χ1) is 8.95. The lowest BCUT2D eigenvalue weighted by Gasteiger charge is -2.27. The molecule has 1 amide bonds. The van der Waals surface area contributed by atoms with E-state index in [1.165, 1.54) is 6.07 Å². The monoisotopic (exact) mass is 269 g/mol. The van der Waals surface area contributed by atoms with Crippen LogP contribution in [0.5, 0.6) is 0 Å². The molecule has 1 aromatic carbocycles. The van der Waals surface area contributed by atoms with Gasteiger partial charge in [-0.3, -0.25) is 4.79 Å². The number of likely N-dealkylation sites (tertiary alicyclic amines) is 1. The van der Waals surface area contributed by atoms with Crippen molar-refractivity contribution in [3.8, 4) is 0 Å². The number of nitrogens with zero attached hydrogens (tertiary/aromatic N) is 1. The molecule has 0 spiro atoms. The first kappa shape index (κ1) is 12.5. The second kappa shape index (κ2) is 4.25. The summed E-state index contributed by atoms with van der Waals surface area (Å²) in [6.07, 6.45) is -1.54. The quantitative estimate of drug-likeness (QED) is 0.807. The van der Waals surface area contributed by atoms with Gasteiger partial charge in [0.15, 0.2) is 0 Å². The second-order valence-corrected chi connectivity index (χ2v) is 5.33. The van der Waals surface area contributed by atoms with E-state index in [1.807, 2.05) is 0 Å². The van der Waals surface area contributed by atoms with E-state index in [2.05, 4.69) is 0 Å². The van der Waals surface area contributed by atoms with Crippen LogP contribution in [0.25, 0.3) is 0 Å². The lowest BCUT2D eigenvalue weighted by atomic mass is 10.1. The summed E-state index contributed by atoms with van der Waals surface area (Å²) in [5.74, 6) is 0.212. The Morgan fingerprint density at radius 1 is 1.26 bits per heavy atom. The molecular formula is C14H14F3NO. The fraction of sp³-hybridized carbons (Fsp3) is 0.500. The van der Waals surface area contributed by atoms with Gasteiger partial charge < -0.3 is 4.90 Å². The molecule has 3 rings (SSSR count). The summed E-state index contributed by atoms with van der Waals surface area (Å²) in [6, 6.07) is 5.47. The van der Waals surface area contributed by atoms with Gasteiger partial charge in [-0.2, -0.15) is 13.2 Å². The van der Waals surface area contributed by atoms with Crippen LogP contribution in [0.3, 0.4) is 0 Å². The molecule has 2 atom stereocenters. The molecule has 2 unspecified atom stereocenters. The highest BCUT2D eigenvalue weighted by molar-refractivity contribution is 5.82. The number of alkyl halides is 3. The number of carbonyl (C=O) groups is 1. The molecule has 0 aromatic heterocycles. The highest BCUT2D eigenvalue weighted by Crippen LogP contribution is 2.39. The van der Waals surface area contributed by atoms with Gasteiger partial charge in [-0.25, -0.2) is 0 Å². The molecule has 1 aliphatic heterocycles. The van der Waals surface area contributed by atoms with Gasteiger partial charge in [0.1, 0.15) is 0 Å². The summed E-state index contributed by atoms with van der Waals surface area (Å²) in [6.45, 7) is 0.296. The zero-order valence-electron chi connectivity index (χ0n) is 10.3. The maximum Gasteiger partial charge on any atom is 0.416 e. The zero-order chi connectivity index (χ0) is 13.6. The van der Waals surface area contributed by atoms with E-state index >= 15 is 0 Å². The lowest BCUT2D eigenvalue weighted by molar-refractivity contribution is -0.137. The average molecular weight is 269 g/mol. The smallest absolute Gasteiger partial charge is 0.335 e. The van der Waals surface area contributed by atoms with E-state index in [0.29, 0.717) is 12.1 Å². The van der Waals surface area contributed by atoms with Crippen molar-refractivity contribution in [2.45, 2.75) is 38.0 Å². The second-order valence-electron chi connectivity index (χ2n) is 5.33. The van der Waals surface area contributed by atoms with Gasteiger partial charge >= 0.3 is 6.18 Å². The normalized spacial score (nSPS) is 26.3. The molecule has 1 heterocycles. The molecule has 2 bridgehead atoms. The average Bonchev–Trinajstić information content (AvgIpc) is 2.92. The maximum absolute atomic E-state index is 12.6. The molecule has 1 aliphatic carbocycles. The van der Waals surface area contributed by atoms with Gasteiger partial charge in [-0.1, -0.05) is 12.1 Å². The number of halogens is 3. The van der Waals surface area contributed by atoms with Crippen LogP contribution in [0.1, 0.15) is 30.4 Å². The van der Waals surface area contributed by atoms with Gasteiger partial charge in [0.05, 0.1) is 5.56 Å². The Labute approximate surface area is 109 Å². The third-order valence-electron chi connectivity index (χ3n) is 4.09. The SMILES string of the molecule is O=C1C2CCC(C2)N1Cc1cccc(C(F)(F)F)c1. The van der Waals surface area contributed by atoms with Crippen LogP contribution >= 0.6 is 0 Å². The Morgan fingerprint density at radius 3 is 2.68 bits per heavy atom. The summed E-state index contributed by atoms with van der Waals surface area (Å²) in [7, 11) is 0. The minimum atomic E-state index is -4.33. The molecule has 19 heavy (non-hydrogen) atoms. The van der Waals surface area contributed by atoms with Gasteiger partial charge in [0.2, 0.25) is 5.91 Å². The molecule has 0 radical (unpaired) electrons. The van der Waals surface area contributed by atoms with Crippen molar-refractivity contribution < 1.29 is 18.0 Å². The van der Waals surface area contributed by atoms with Gasteiger partial charge in [-0.05, 0) is 37.0 Å². The molecule has 2 nitrogen and oxygen atoms in total. The standard InChI is InChI=1S/C14H14F3NO/c15-14(16,17)11-3-1-2-9(6-11)8-18-12-5-4-10(7-12)13(18)19/h1-3,6,10,12H,4-5,7-8H2. The minimum absolute atomic E-state index is 0.105. The molecule has 1 saturated carbocycles. The van der Waals surface area contributed by atoms with Crippen LogP contribution in [0.15, 0.2) is 24.3 Å². The van der Waals surface area contributed by atoms with Crippen molar-refractivity contribution in [3.05, 3.63) is 35.4 Å². The maximum atomic E-state index is 12.6. The Hall–Kier alpha value is -1.52. The van der Waals surface area contributed by atoms with Crippen molar-refractivity contribution in [3.63, 3.8) is 0 Å². The fourth-order valence-electron chi connectivity index (χ4n) is 3.13. The van der Waals surface area contributed by atoms with Crippen LogP contribution in [0.4, 0.5) is 13.2 Å². The molecule has 2 fully saturated rings. The summed E-state index contributed by atoms with van der Waals surface area (Å²) < 4.78 is 37.9. The van der Waals surface area contributed by atoms with E-state index in [4.69, 9.17) is 0 Å². The number of fused-ring (bicyclic) bond motifs is 2. The minimum Gasteiger partial charge on any atom is -0.335 e. The summed E-state index contributed by atoms with van der Waals surface area (Å²) in [4.78, 5) is 13.7. The predicted octanol–water partition coefficient (Wildman–Crippen LogP) is 3.22. The summed E-state index contributed by atoms with van der Waals surface area (Å²) in [5, 5.41) is 0. The Kier molecular flexibility index (Phi) is 2.80. The predicted molar refractivity (Wildman–Crippen MR) is 63.1 cm³/mol. The van der Waals surface area contributed by atoms with Gasteiger partial charge in [-0.15, -0.1) is 0 Å². The molecule has 1 saturated heterocycles. The van der Waals surface area contributed by atoms with Crippen molar-refractivity contribution in [1.82, 2.24) is 4.90 Å². The number of benzene rings is 1. The third-order valence-corrected chi connectivity index (χ3v) is 4.09. The fourth-order valence-corrected chi connectivity index (χ4v) is 3.13. The number of hydrogen-bond donors (Lipinski definition) is 0. The van der Waals surface area contributed by atoms with E-state index in [9.17, 15) is 18.0 Å². The van der Waals surface area contributed by atoms with Crippen molar-refractivity contribution in [2.75, 3.05) is 0 Å². The molecule has 0 N–H and O–H groups in total. The molecule has 2 aliphatic rings. The van der Waals surface area contributed by atoms with Crippen LogP contribution in [0.2, 0.25) is 0 Å². The van der Waals surface area contributed by atoms with E-state index in [-0.39, 0.29) is 17.9 Å². The third kappa shape index (κ3) is 2.22. The zero-order valence-corrected chi connectivity index (χ0v) is 10.3. The molecule has 102 valence electrons. The van der Waals surface area contributed by atoms with Crippen LogP contribution in [-0.4, -0.2) is 16.8 Å². The number of rotatable bonds is 2. The van der Waals surface area contributed by atoms with Gasteiger partial charge in [0, 0.05) is 18.5 Å². The Balaban J connectivity index is 1.79. The summed E-state index contributed by atoms with van der Waals surface area (Å²) >= 11 is 0.